The molecule has 0 radical (unpaired) electrons. The summed E-state index contributed by atoms with van der Waals surface area (Å²) < 4.78 is 14.1. The standard InChI is InChI=1S/C27H30BrNO2/c1-17-15-26(2,3)29-21-12-11-18-19-9-8-10-20(28)24(19)31-25(23(18)22(17)21)30-16-27(4)13-6-5-7-14-27/h5-6,8-12,15,25,29H,7,13-14,16H2,1-4H3. The zero-order chi connectivity index (χ0) is 21.8. The predicted molar refractivity (Wildman–Crippen MR) is 131 cm³/mol. The van der Waals surface area contributed by atoms with E-state index >= 15 is 0 Å². The number of rotatable bonds is 3. The van der Waals surface area contributed by atoms with Gasteiger partial charge < -0.3 is 14.8 Å². The highest BCUT2D eigenvalue weighted by molar-refractivity contribution is 9.10. The third kappa shape index (κ3) is 3.74. The topological polar surface area (TPSA) is 30.5 Å². The van der Waals surface area contributed by atoms with Crippen LogP contribution in [0.1, 0.15) is 64.4 Å². The van der Waals surface area contributed by atoms with Gasteiger partial charge >= 0.3 is 0 Å². The number of ether oxygens (including phenoxy) is 2. The minimum Gasteiger partial charge on any atom is -0.459 e. The number of anilines is 1. The fraction of sp³-hybridized carbons (Fsp3) is 0.407. The first-order valence-corrected chi connectivity index (χ1v) is 11.9. The van der Waals surface area contributed by atoms with Crippen LogP contribution in [0.5, 0.6) is 5.75 Å². The Balaban J connectivity index is 1.61. The number of fused-ring (bicyclic) bond motifs is 5. The van der Waals surface area contributed by atoms with E-state index in [1.54, 1.807) is 0 Å². The van der Waals surface area contributed by atoms with Gasteiger partial charge in [0.15, 0.2) is 0 Å². The predicted octanol–water partition coefficient (Wildman–Crippen LogP) is 7.88. The summed E-state index contributed by atoms with van der Waals surface area (Å²) >= 11 is 3.69. The first-order valence-electron chi connectivity index (χ1n) is 11.1. The first-order chi connectivity index (χ1) is 14.8. The normalized spacial score (nSPS) is 25.5. The molecule has 0 spiro atoms. The van der Waals surface area contributed by atoms with Crippen molar-refractivity contribution in [3.8, 4) is 16.9 Å². The Morgan fingerprint density at radius 2 is 1.97 bits per heavy atom. The van der Waals surface area contributed by atoms with Crippen LogP contribution in [0.3, 0.4) is 0 Å². The second-order valence-corrected chi connectivity index (χ2v) is 10.9. The van der Waals surface area contributed by atoms with Crippen molar-refractivity contribution in [2.24, 2.45) is 5.41 Å². The molecule has 0 aromatic heterocycles. The van der Waals surface area contributed by atoms with E-state index in [4.69, 9.17) is 9.47 Å². The van der Waals surface area contributed by atoms with Crippen molar-refractivity contribution in [1.82, 2.24) is 0 Å². The fourth-order valence-corrected chi connectivity index (χ4v) is 5.64. The lowest BCUT2D eigenvalue weighted by molar-refractivity contribution is -0.113. The van der Waals surface area contributed by atoms with E-state index in [1.165, 1.54) is 16.7 Å². The van der Waals surface area contributed by atoms with Gasteiger partial charge in [-0.1, -0.05) is 43.4 Å². The van der Waals surface area contributed by atoms with Gasteiger partial charge in [-0.2, -0.15) is 0 Å². The molecule has 0 amide bonds. The Bertz CT molecular complexity index is 1100. The number of benzene rings is 2. The van der Waals surface area contributed by atoms with Gasteiger partial charge in [-0.15, -0.1) is 0 Å². The van der Waals surface area contributed by atoms with Gasteiger partial charge in [-0.25, -0.2) is 0 Å². The van der Waals surface area contributed by atoms with Crippen LogP contribution in [0, 0.1) is 5.41 Å². The van der Waals surface area contributed by atoms with Crippen molar-refractivity contribution in [2.75, 3.05) is 11.9 Å². The van der Waals surface area contributed by atoms with Crippen molar-refractivity contribution in [2.45, 2.75) is 58.8 Å². The average molecular weight is 480 g/mol. The Morgan fingerprint density at radius 3 is 2.74 bits per heavy atom. The molecular weight excluding hydrogens is 450 g/mol. The first kappa shape index (κ1) is 20.8. The molecule has 0 saturated heterocycles. The molecule has 2 aromatic carbocycles. The monoisotopic (exact) mass is 479 g/mol. The lowest BCUT2D eigenvalue weighted by Gasteiger charge is -2.38. The average Bonchev–Trinajstić information content (AvgIpc) is 2.71. The molecule has 1 N–H and O–H groups in total. The summed E-state index contributed by atoms with van der Waals surface area (Å²) in [5, 5.41) is 3.68. The lowest BCUT2D eigenvalue weighted by atomic mass is 9.79. The molecule has 3 nitrogen and oxygen atoms in total. The highest BCUT2D eigenvalue weighted by Crippen LogP contribution is 2.51. The molecule has 5 rings (SSSR count). The van der Waals surface area contributed by atoms with Gasteiger partial charge in [0, 0.05) is 22.4 Å². The van der Waals surface area contributed by atoms with Crippen LogP contribution in [0.4, 0.5) is 5.69 Å². The van der Waals surface area contributed by atoms with Crippen LogP contribution >= 0.6 is 15.9 Å². The summed E-state index contributed by atoms with van der Waals surface area (Å²) in [6.07, 6.45) is 9.74. The second kappa shape index (κ2) is 7.53. The van der Waals surface area contributed by atoms with E-state index in [1.807, 2.05) is 6.07 Å². The molecule has 0 saturated carbocycles. The molecule has 2 heterocycles. The molecule has 2 unspecified atom stereocenters. The van der Waals surface area contributed by atoms with E-state index in [-0.39, 0.29) is 11.0 Å². The van der Waals surface area contributed by atoms with E-state index in [0.29, 0.717) is 6.61 Å². The molecule has 3 aliphatic rings. The molecule has 162 valence electrons. The molecule has 31 heavy (non-hydrogen) atoms. The van der Waals surface area contributed by atoms with Crippen LogP contribution in [0.25, 0.3) is 16.7 Å². The quantitative estimate of drug-likeness (QED) is 0.454. The molecule has 0 fully saturated rings. The van der Waals surface area contributed by atoms with Crippen molar-refractivity contribution in [1.29, 1.82) is 0 Å². The maximum absolute atomic E-state index is 6.60. The van der Waals surface area contributed by atoms with Gasteiger partial charge in [-0.05, 0) is 84.6 Å². The molecule has 2 aromatic rings. The van der Waals surface area contributed by atoms with Gasteiger partial charge in [0.2, 0.25) is 6.29 Å². The zero-order valence-corrected chi connectivity index (χ0v) is 20.3. The van der Waals surface area contributed by atoms with Crippen molar-refractivity contribution in [3.05, 3.63) is 64.2 Å². The zero-order valence-electron chi connectivity index (χ0n) is 18.7. The second-order valence-electron chi connectivity index (χ2n) is 10.0. The maximum Gasteiger partial charge on any atom is 0.228 e. The SMILES string of the molecule is CC1=CC(C)(C)Nc2ccc3c(c21)C(OCC1(C)CC=CCC1)Oc1c(Br)cccc1-3. The van der Waals surface area contributed by atoms with Crippen LogP contribution in [-0.4, -0.2) is 12.1 Å². The fourth-order valence-electron chi connectivity index (χ4n) is 5.18. The summed E-state index contributed by atoms with van der Waals surface area (Å²) in [5.41, 5.74) is 7.11. The summed E-state index contributed by atoms with van der Waals surface area (Å²) in [5.74, 6) is 0.861. The minimum atomic E-state index is -0.440. The third-order valence-corrected chi connectivity index (χ3v) is 7.29. The number of para-hydroxylation sites is 1. The van der Waals surface area contributed by atoms with Crippen LogP contribution in [0.15, 0.2) is 53.0 Å². The van der Waals surface area contributed by atoms with Gasteiger partial charge in [0.05, 0.1) is 16.6 Å². The van der Waals surface area contributed by atoms with E-state index in [9.17, 15) is 0 Å². The Morgan fingerprint density at radius 1 is 1.13 bits per heavy atom. The van der Waals surface area contributed by atoms with Gasteiger partial charge in [0.1, 0.15) is 5.75 Å². The highest BCUT2D eigenvalue weighted by Gasteiger charge is 2.36. The van der Waals surface area contributed by atoms with Gasteiger partial charge in [0.25, 0.3) is 0 Å². The molecule has 1 aliphatic carbocycles. The number of nitrogens with one attached hydrogen (secondary N) is 1. The van der Waals surface area contributed by atoms with Crippen LogP contribution in [-0.2, 0) is 4.74 Å². The Hall–Kier alpha value is -2.04. The summed E-state index contributed by atoms with van der Waals surface area (Å²) in [6.45, 7) is 9.59. The number of halogens is 1. The van der Waals surface area contributed by atoms with Gasteiger partial charge in [-0.3, -0.25) is 0 Å². The van der Waals surface area contributed by atoms with E-state index < -0.39 is 6.29 Å². The highest BCUT2D eigenvalue weighted by atomic mass is 79.9. The van der Waals surface area contributed by atoms with Crippen molar-refractivity contribution in [3.63, 3.8) is 0 Å². The van der Waals surface area contributed by atoms with E-state index in [0.717, 1.165) is 46.3 Å². The molecule has 0 bridgehead atoms. The van der Waals surface area contributed by atoms with E-state index in [2.05, 4.69) is 91.4 Å². The maximum atomic E-state index is 6.60. The number of hydrogen-bond donors (Lipinski definition) is 1. The lowest BCUT2D eigenvalue weighted by Crippen LogP contribution is -2.33. The van der Waals surface area contributed by atoms with Crippen molar-refractivity contribution >= 4 is 27.2 Å². The molecule has 2 aliphatic heterocycles. The summed E-state index contributed by atoms with van der Waals surface area (Å²) in [6, 6.07) is 10.6. The third-order valence-electron chi connectivity index (χ3n) is 6.67. The molecule has 4 heteroatoms. The molecule has 2 atom stereocenters. The number of hydrogen-bond acceptors (Lipinski definition) is 3. The molecular formula is C27H30BrNO2. The van der Waals surface area contributed by atoms with Crippen molar-refractivity contribution < 1.29 is 9.47 Å². The minimum absolute atomic E-state index is 0.0833. The van der Waals surface area contributed by atoms with Crippen LogP contribution < -0.4 is 10.1 Å². The number of allylic oxidation sites excluding steroid dienone is 3. The smallest absolute Gasteiger partial charge is 0.228 e. The Kier molecular flexibility index (Phi) is 5.06. The summed E-state index contributed by atoms with van der Waals surface area (Å²) in [4.78, 5) is 0. The van der Waals surface area contributed by atoms with Crippen LogP contribution in [0.2, 0.25) is 0 Å². The largest absolute Gasteiger partial charge is 0.459 e. The Labute approximate surface area is 193 Å². The summed E-state index contributed by atoms with van der Waals surface area (Å²) in [7, 11) is 0.